The molecule has 1 amide bonds. The molecule has 0 spiro atoms. The molecule has 1 aromatic heterocycles. The van der Waals surface area contributed by atoms with Crippen LogP contribution < -0.4 is 10.1 Å². The van der Waals surface area contributed by atoms with Crippen molar-refractivity contribution in [1.29, 1.82) is 5.26 Å². The van der Waals surface area contributed by atoms with E-state index in [2.05, 4.69) is 10.3 Å². The molecule has 1 heterocycles. The molecular formula is C13H13N3O2S. The number of anilines is 1. The van der Waals surface area contributed by atoms with Gasteiger partial charge in [-0.25, -0.2) is 4.98 Å². The monoisotopic (exact) mass is 275 g/mol. The van der Waals surface area contributed by atoms with Crippen LogP contribution in [0.25, 0.3) is 10.2 Å². The number of thiazole rings is 1. The van der Waals surface area contributed by atoms with E-state index in [1.807, 2.05) is 31.2 Å². The van der Waals surface area contributed by atoms with Crippen LogP contribution in [0.15, 0.2) is 18.2 Å². The molecule has 0 aliphatic rings. The van der Waals surface area contributed by atoms with Crippen molar-refractivity contribution in [3.63, 3.8) is 0 Å². The van der Waals surface area contributed by atoms with Crippen LogP contribution in [0.4, 0.5) is 5.13 Å². The van der Waals surface area contributed by atoms with Gasteiger partial charge in [-0.1, -0.05) is 11.3 Å². The van der Waals surface area contributed by atoms with E-state index in [4.69, 9.17) is 10.00 Å². The second kappa shape index (κ2) is 5.67. The second-order valence-electron chi connectivity index (χ2n) is 3.92. The summed E-state index contributed by atoms with van der Waals surface area (Å²) in [5, 5.41) is 11.8. The Morgan fingerprint density at radius 3 is 3.11 bits per heavy atom. The molecule has 2 rings (SSSR count). The highest BCUT2D eigenvalue weighted by atomic mass is 32.1. The second-order valence-corrected chi connectivity index (χ2v) is 4.95. The summed E-state index contributed by atoms with van der Waals surface area (Å²) < 4.78 is 6.34. The zero-order valence-corrected chi connectivity index (χ0v) is 11.5. The Balaban J connectivity index is 2.22. The van der Waals surface area contributed by atoms with Gasteiger partial charge in [-0.2, -0.15) is 5.26 Å². The Kier molecular flexibility index (Phi) is 3.97. The molecule has 5 nitrogen and oxygen atoms in total. The standard InChI is InChI=1S/C13H13N3O2S/c1-3-18-9-4-5-10-11(6-9)19-13(15-10)16-12(17)8(2)7-14/h4-6,8H,3H2,1-2H3,(H,15,16,17). The Morgan fingerprint density at radius 2 is 2.42 bits per heavy atom. The van der Waals surface area contributed by atoms with Crippen molar-refractivity contribution in [2.24, 2.45) is 5.92 Å². The van der Waals surface area contributed by atoms with Crippen molar-refractivity contribution in [2.45, 2.75) is 13.8 Å². The normalized spacial score (nSPS) is 11.8. The molecule has 98 valence electrons. The number of carbonyl (C=O) groups excluding carboxylic acids is 1. The maximum absolute atomic E-state index is 11.6. The van der Waals surface area contributed by atoms with Crippen molar-refractivity contribution in [3.8, 4) is 11.8 Å². The van der Waals surface area contributed by atoms with Crippen LogP contribution in [0.3, 0.4) is 0 Å². The number of nitrogens with one attached hydrogen (secondary N) is 1. The fraction of sp³-hybridized carbons (Fsp3) is 0.308. The fourth-order valence-electron chi connectivity index (χ4n) is 1.49. The van der Waals surface area contributed by atoms with Crippen LogP contribution in [0.1, 0.15) is 13.8 Å². The summed E-state index contributed by atoms with van der Waals surface area (Å²) in [6.07, 6.45) is 0. The van der Waals surface area contributed by atoms with Crippen molar-refractivity contribution >= 4 is 32.6 Å². The van der Waals surface area contributed by atoms with Crippen LogP contribution in [-0.4, -0.2) is 17.5 Å². The van der Waals surface area contributed by atoms with E-state index in [0.29, 0.717) is 11.7 Å². The average Bonchev–Trinajstić information content (AvgIpc) is 2.79. The Labute approximate surface area is 114 Å². The summed E-state index contributed by atoms with van der Waals surface area (Å²) in [6.45, 7) is 4.08. The third-order valence-electron chi connectivity index (χ3n) is 2.49. The average molecular weight is 275 g/mol. The molecule has 6 heteroatoms. The molecule has 0 aliphatic heterocycles. The minimum atomic E-state index is -0.689. The molecule has 1 N–H and O–H groups in total. The van der Waals surface area contributed by atoms with E-state index < -0.39 is 5.92 Å². The first-order valence-electron chi connectivity index (χ1n) is 5.88. The lowest BCUT2D eigenvalue weighted by molar-refractivity contribution is -0.117. The molecule has 1 unspecified atom stereocenters. The summed E-state index contributed by atoms with van der Waals surface area (Å²) in [7, 11) is 0. The summed E-state index contributed by atoms with van der Waals surface area (Å²) in [5.74, 6) is -0.250. The van der Waals surface area contributed by atoms with Crippen LogP contribution in [-0.2, 0) is 4.79 Å². The zero-order valence-electron chi connectivity index (χ0n) is 10.6. The first-order chi connectivity index (χ1) is 9.13. The van der Waals surface area contributed by atoms with Gasteiger partial charge in [-0.05, 0) is 32.0 Å². The number of carbonyl (C=O) groups is 1. The van der Waals surface area contributed by atoms with E-state index >= 15 is 0 Å². The lowest BCUT2D eigenvalue weighted by atomic mass is 10.2. The van der Waals surface area contributed by atoms with Gasteiger partial charge < -0.3 is 10.1 Å². The minimum Gasteiger partial charge on any atom is -0.494 e. The van der Waals surface area contributed by atoms with Gasteiger partial charge in [0.25, 0.3) is 0 Å². The number of amides is 1. The third kappa shape index (κ3) is 3.01. The van der Waals surface area contributed by atoms with Gasteiger partial charge in [-0.15, -0.1) is 0 Å². The number of fused-ring (bicyclic) bond motifs is 1. The molecule has 2 aromatic rings. The molecule has 1 aromatic carbocycles. The summed E-state index contributed by atoms with van der Waals surface area (Å²) >= 11 is 1.36. The number of hydrogen-bond acceptors (Lipinski definition) is 5. The molecule has 1 atom stereocenters. The van der Waals surface area contributed by atoms with Crippen LogP contribution >= 0.6 is 11.3 Å². The Hall–Kier alpha value is -2.13. The maximum atomic E-state index is 11.6. The Bertz CT molecular complexity index is 645. The van der Waals surface area contributed by atoms with Crippen molar-refractivity contribution in [3.05, 3.63) is 18.2 Å². The molecule has 0 radical (unpaired) electrons. The van der Waals surface area contributed by atoms with E-state index in [-0.39, 0.29) is 5.91 Å². The first kappa shape index (κ1) is 13.3. The number of nitriles is 1. The van der Waals surface area contributed by atoms with Crippen molar-refractivity contribution in [1.82, 2.24) is 4.98 Å². The summed E-state index contributed by atoms with van der Waals surface area (Å²) in [5.41, 5.74) is 0.799. The van der Waals surface area contributed by atoms with E-state index in [1.54, 1.807) is 6.92 Å². The number of aromatic nitrogens is 1. The van der Waals surface area contributed by atoms with Gasteiger partial charge in [0.2, 0.25) is 5.91 Å². The molecule has 0 fully saturated rings. The number of ether oxygens (including phenoxy) is 1. The predicted octanol–water partition coefficient (Wildman–Crippen LogP) is 2.79. The van der Waals surface area contributed by atoms with Gasteiger partial charge in [0.1, 0.15) is 11.7 Å². The van der Waals surface area contributed by atoms with E-state index in [1.165, 1.54) is 11.3 Å². The van der Waals surface area contributed by atoms with Crippen molar-refractivity contribution < 1.29 is 9.53 Å². The van der Waals surface area contributed by atoms with Gasteiger partial charge in [0, 0.05) is 0 Å². The van der Waals surface area contributed by atoms with Crippen LogP contribution in [0, 0.1) is 17.2 Å². The smallest absolute Gasteiger partial charge is 0.243 e. The first-order valence-corrected chi connectivity index (χ1v) is 6.69. The highest BCUT2D eigenvalue weighted by molar-refractivity contribution is 7.22. The highest BCUT2D eigenvalue weighted by Crippen LogP contribution is 2.29. The lowest BCUT2D eigenvalue weighted by Gasteiger charge is -2.00. The maximum Gasteiger partial charge on any atom is 0.243 e. The zero-order chi connectivity index (χ0) is 13.8. The summed E-state index contributed by atoms with van der Waals surface area (Å²) in [6, 6.07) is 7.47. The lowest BCUT2D eigenvalue weighted by Crippen LogP contribution is -2.18. The van der Waals surface area contributed by atoms with Gasteiger partial charge >= 0.3 is 0 Å². The SMILES string of the molecule is CCOc1ccc2nc(NC(=O)C(C)C#N)sc2c1. The van der Waals surface area contributed by atoms with Gasteiger partial charge in [0.05, 0.1) is 22.9 Å². The van der Waals surface area contributed by atoms with Crippen LogP contribution in [0.5, 0.6) is 5.75 Å². The van der Waals surface area contributed by atoms with Crippen molar-refractivity contribution in [2.75, 3.05) is 11.9 Å². The summed E-state index contributed by atoms with van der Waals surface area (Å²) in [4.78, 5) is 15.9. The largest absolute Gasteiger partial charge is 0.494 e. The Morgan fingerprint density at radius 1 is 1.63 bits per heavy atom. The quantitative estimate of drug-likeness (QED) is 0.931. The number of rotatable bonds is 4. The molecule has 0 aliphatic carbocycles. The number of nitrogens with zero attached hydrogens (tertiary/aromatic N) is 2. The number of benzene rings is 1. The van der Waals surface area contributed by atoms with Crippen LogP contribution in [0.2, 0.25) is 0 Å². The predicted molar refractivity (Wildman–Crippen MR) is 74.2 cm³/mol. The minimum absolute atomic E-state index is 0.341. The highest BCUT2D eigenvalue weighted by Gasteiger charge is 2.14. The van der Waals surface area contributed by atoms with E-state index in [0.717, 1.165) is 16.0 Å². The molecule has 0 saturated carbocycles. The molecular weight excluding hydrogens is 262 g/mol. The molecule has 19 heavy (non-hydrogen) atoms. The van der Waals surface area contributed by atoms with E-state index in [9.17, 15) is 4.79 Å². The number of hydrogen-bond donors (Lipinski definition) is 1. The van der Waals surface area contributed by atoms with Gasteiger partial charge in [0.15, 0.2) is 5.13 Å². The van der Waals surface area contributed by atoms with Gasteiger partial charge in [-0.3, -0.25) is 4.79 Å². The molecule has 0 saturated heterocycles. The third-order valence-corrected chi connectivity index (χ3v) is 3.42. The topological polar surface area (TPSA) is 75.0 Å². The molecule has 0 bridgehead atoms. The fourth-order valence-corrected chi connectivity index (χ4v) is 2.38.